The molecule has 4 heteroatoms. The van der Waals surface area contributed by atoms with Crippen LogP contribution in [0.3, 0.4) is 0 Å². The number of rotatable bonds is 1. The average molecular weight is 282 g/mol. The van der Waals surface area contributed by atoms with Crippen LogP contribution in [-0.2, 0) is 6.42 Å². The summed E-state index contributed by atoms with van der Waals surface area (Å²) in [6.07, 6.45) is 1.86. The Labute approximate surface area is 123 Å². The van der Waals surface area contributed by atoms with Crippen molar-refractivity contribution >= 4 is 17.3 Å². The molecule has 1 heterocycles. The maximum atomic E-state index is 12.7. The number of aromatic hydroxyl groups is 1. The summed E-state index contributed by atoms with van der Waals surface area (Å²) in [4.78, 5) is 14.4. The highest BCUT2D eigenvalue weighted by Crippen LogP contribution is 2.31. The second kappa shape index (κ2) is 5.13. The summed E-state index contributed by atoms with van der Waals surface area (Å²) in [5.41, 5.74) is 9.71. The summed E-state index contributed by atoms with van der Waals surface area (Å²) >= 11 is 0. The van der Waals surface area contributed by atoms with Crippen molar-refractivity contribution in [2.24, 2.45) is 0 Å². The number of phenolic OH excluding ortho intramolecular Hbond substituents is 1. The van der Waals surface area contributed by atoms with Crippen LogP contribution in [-0.4, -0.2) is 17.6 Å². The van der Waals surface area contributed by atoms with E-state index in [0.29, 0.717) is 17.8 Å². The summed E-state index contributed by atoms with van der Waals surface area (Å²) in [6.45, 7) is 2.52. The molecule has 1 aliphatic rings. The first-order valence-corrected chi connectivity index (χ1v) is 7.06. The molecular formula is C17H18N2O2. The number of fused-ring (bicyclic) bond motifs is 1. The highest BCUT2D eigenvalue weighted by atomic mass is 16.3. The Morgan fingerprint density at radius 2 is 2.05 bits per heavy atom. The normalized spacial score (nSPS) is 13.9. The Balaban J connectivity index is 2.02. The van der Waals surface area contributed by atoms with Crippen LogP contribution in [0.5, 0.6) is 5.75 Å². The molecule has 1 aliphatic heterocycles. The predicted molar refractivity (Wildman–Crippen MR) is 83.7 cm³/mol. The van der Waals surface area contributed by atoms with Gasteiger partial charge in [0.2, 0.25) is 0 Å². The lowest BCUT2D eigenvalue weighted by molar-refractivity contribution is 0.0982. The summed E-state index contributed by atoms with van der Waals surface area (Å²) in [6, 6.07) is 10.8. The second-order valence-electron chi connectivity index (χ2n) is 5.47. The largest absolute Gasteiger partial charge is 0.507 e. The number of hydrogen-bond acceptors (Lipinski definition) is 3. The van der Waals surface area contributed by atoms with Gasteiger partial charge in [-0.3, -0.25) is 4.79 Å². The molecule has 21 heavy (non-hydrogen) atoms. The fourth-order valence-electron chi connectivity index (χ4n) is 2.77. The Morgan fingerprint density at radius 1 is 1.24 bits per heavy atom. The van der Waals surface area contributed by atoms with Crippen molar-refractivity contribution in [2.45, 2.75) is 19.8 Å². The molecule has 0 saturated carbocycles. The van der Waals surface area contributed by atoms with Crippen molar-refractivity contribution in [2.75, 3.05) is 17.2 Å². The van der Waals surface area contributed by atoms with E-state index in [2.05, 4.69) is 0 Å². The molecule has 0 spiro atoms. The predicted octanol–water partition coefficient (Wildman–Crippen LogP) is 2.88. The first-order valence-electron chi connectivity index (χ1n) is 7.06. The van der Waals surface area contributed by atoms with Crippen LogP contribution in [0.15, 0.2) is 36.4 Å². The van der Waals surface area contributed by atoms with Gasteiger partial charge in [0.25, 0.3) is 5.91 Å². The van der Waals surface area contributed by atoms with Crippen molar-refractivity contribution < 1.29 is 9.90 Å². The van der Waals surface area contributed by atoms with Gasteiger partial charge in [-0.1, -0.05) is 12.1 Å². The molecule has 3 N–H and O–H groups in total. The highest BCUT2D eigenvalue weighted by Gasteiger charge is 2.25. The first kappa shape index (κ1) is 13.5. The van der Waals surface area contributed by atoms with Gasteiger partial charge in [0.1, 0.15) is 5.75 Å². The van der Waals surface area contributed by atoms with Crippen LogP contribution in [0.1, 0.15) is 27.9 Å². The number of phenols is 1. The van der Waals surface area contributed by atoms with Crippen LogP contribution in [0, 0.1) is 6.92 Å². The van der Waals surface area contributed by atoms with Crippen molar-refractivity contribution in [1.82, 2.24) is 0 Å². The number of nitrogen functional groups attached to an aromatic ring is 1. The third kappa shape index (κ3) is 2.44. The minimum Gasteiger partial charge on any atom is -0.507 e. The van der Waals surface area contributed by atoms with E-state index in [1.807, 2.05) is 31.2 Å². The third-order valence-electron chi connectivity index (χ3n) is 3.86. The van der Waals surface area contributed by atoms with Crippen molar-refractivity contribution in [3.05, 3.63) is 53.1 Å². The second-order valence-corrected chi connectivity index (χ2v) is 5.47. The van der Waals surface area contributed by atoms with Crippen LogP contribution < -0.4 is 10.6 Å². The third-order valence-corrected chi connectivity index (χ3v) is 3.86. The molecule has 0 saturated heterocycles. The minimum atomic E-state index is -0.181. The zero-order valence-electron chi connectivity index (χ0n) is 12.0. The number of nitrogens with zero attached hydrogens (tertiary/aromatic N) is 1. The lowest BCUT2D eigenvalue weighted by atomic mass is 10.00. The summed E-state index contributed by atoms with van der Waals surface area (Å²) < 4.78 is 0. The van der Waals surface area contributed by atoms with Gasteiger partial charge in [0.15, 0.2) is 0 Å². The number of aryl methyl sites for hydroxylation is 2. The van der Waals surface area contributed by atoms with Crippen LogP contribution in [0.4, 0.5) is 11.4 Å². The number of nitrogens with two attached hydrogens (primary N) is 1. The molecule has 2 aromatic rings. The van der Waals surface area contributed by atoms with Gasteiger partial charge in [-0.05, 0) is 55.2 Å². The van der Waals surface area contributed by atoms with Crippen LogP contribution in [0.2, 0.25) is 0 Å². The Kier molecular flexibility index (Phi) is 3.29. The van der Waals surface area contributed by atoms with Gasteiger partial charge in [-0.2, -0.15) is 0 Å². The zero-order chi connectivity index (χ0) is 15.0. The lowest BCUT2D eigenvalue weighted by Gasteiger charge is -2.30. The molecule has 0 bridgehead atoms. The Morgan fingerprint density at radius 3 is 2.81 bits per heavy atom. The molecule has 0 unspecified atom stereocenters. The molecule has 108 valence electrons. The molecule has 3 rings (SSSR count). The van der Waals surface area contributed by atoms with Gasteiger partial charge in [0.05, 0.1) is 5.56 Å². The van der Waals surface area contributed by atoms with Crippen molar-refractivity contribution in [1.29, 1.82) is 0 Å². The Bertz CT molecular complexity index is 710. The number of anilines is 2. The van der Waals surface area contributed by atoms with Gasteiger partial charge < -0.3 is 15.7 Å². The lowest BCUT2D eigenvalue weighted by Crippen LogP contribution is -2.35. The molecule has 0 aliphatic carbocycles. The van der Waals surface area contributed by atoms with Gasteiger partial charge in [0, 0.05) is 17.9 Å². The first-order chi connectivity index (χ1) is 10.1. The molecular weight excluding hydrogens is 264 g/mol. The van der Waals surface area contributed by atoms with E-state index in [1.165, 1.54) is 0 Å². The van der Waals surface area contributed by atoms with Crippen molar-refractivity contribution in [3.8, 4) is 5.75 Å². The van der Waals surface area contributed by atoms with E-state index >= 15 is 0 Å². The summed E-state index contributed by atoms with van der Waals surface area (Å²) in [5.74, 6) is -0.157. The fourth-order valence-corrected chi connectivity index (χ4v) is 2.77. The van der Waals surface area contributed by atoms with E-state index in [4.69, 9.17) is 5.73 Å². The maximum Gasteiger partial charge on any atom is 0.262 e. The molecule has 0 fully saturated rings. The fraction of sp³-hybridized carbons (Fsp3) is 0.235. The number of benzene rings is 2. The number of hydrogen-bond donors (Lipinski definition) is 2. The Hall–Kier alpha value is -2.49. The topological polar surface area (TPSA) is 66.6 Å². The molecule has 2 aromatic carbocycles. The molecule has 0 radical (unpaired) electrons. The number of carbonyl (C=O) groups is 1. The smallest absolute Gasteiger partial charge is 0.262 e. The van der Waals surface area contributed by atoms with E-state index in [9.17, 15) is 9.90 Å². The van der Waals surface area contributed by atoms with Crippen LogP contribution in [0.25, 0.3) is 0 Å². The van der Waals surface area contributed by atoms with Crippen LogP contribution >= 0.6 is 0 Å². The summed E-state index contributed by atoms with van der Waals surface area (Å²) in [7, 11) is 0. The standard InChI is InChI=1S/C17H18N2O2/c1-11-4-7-14(16(20)9-11)17(21)19-8-2-3-12-5-6-13(18)10-15(12)19/h4-7,9-10,20H,2-3,8,18H2,1H3. The monoisotopic (exact) mass is 282 g/mol. The molecule has 0 atom stereocenters. The van der Waals surface area contributed by atoms with E-state index in [1.54, 1.807) is 17.0 Å². The van der Waals surface area contributed by atoms with E-state index in [0.717, 1.165) is 29.7 Å². The van der Waals surface area contributed by atoms with E-state index in [-0.39, 0.29) is 11.7 Å². The van der Waals surface area contributed by atoms with Gasteiger partial charge in [-0.15, -0.1) is 0 Å². The SMILES string of the molecule is Cc1ccc(C(=O)N2CCCc3ccc(N)cc32)c(O)c1. The highest BCUT2D eigenvalue weighted by molar-refractivity contribution is 6.08. The van der Waals surface area contributed by atoms with Crippen molar-refractivity contribution in [3.63, 3.8) is 0 Å². The average Bonchev–Trinajstić information content (AvgIpc) is 2.46. The number of carbonyl (C=O) groups excluding carboxylic acids is 1. The van der Waals surface area contributed by atoms with Gasteiger partial charge in [-0.25, -0.2) is 0 Å². The molecule has 1 amide bonds. The molecule has 4 nitrogen and oxygen atoms in total. The minimum absolute atomic E-state index is 0.0241. The zero-order valence-corrected chi connectivity index (χ0v) is 12.0. The van der Waals surface area contributed by atoms with Gasteiger partial charge >= 0.3 is 0 Å². The maximum absolute atomic E-state index is 12.7. The number of amides is 1. The summed E-state index contributed by atoms with van der Waals surface area (Å²) in [5, 5.41) is 10.0. The van der Waals surface area contributed by atoms with E-state index < -0.39 is 0 Å². The quantitative estimate of drug-likeness (QED) is 0.790. The molecule has 0 aromatic heterocycles.